The fourth-order valence-electron chi connectivity index (χ4n) is 1.57. The first-order chi connectivity index (χ1) is 10.1. The van der Waals surface area contributed by atoms with Gasteiger partial charge in [-0.15, -0.1) is 0 Å². The first-order valence-corrected chi connectivity index (χ1v) is 6.56. The van der Waals surface area contributed by atoms with Gasteiger partial charge in [0.1, 0.15) is 23.8 Å². The lowest BCUT2D eigenvalue weighted by atomic mass is 10.4. The summed E-state index contributed by atoms with van der Waals surface area (Å²) in [5.41, 5.74) is 0. The Morgan fingerprint density at radius 3 is 1.71 bits per heavy atom. The Hall–Kier alpha value is -2.32. The van der Waals surface area contributed by atoms with E-state index in [0.29, 0.717) is 30.0 Å². The lowest BCUT2D eigenvalue weighted by Gasteiger charge is -2.10. The van der Waals surface area contributed by atoms with Crippen LogP contribution in [0.25, 0.3) is 0 Å². The lowest BCUT2D eigenvalue weighted by Crippen LogP contribution is -2.15. The summed E-state index contributed by atoms with van der Waals surface area (Å²) in [6, 6.07) is 3.41. The van der Waals surface area contributed by atoms with Crippen molar-refractivity contribution in [3.05, 3.63) is 36.2 Å². The number of aromatic nitrogens is 4. The molecule has 112 valence electrons. The minimum absolute atomic E-state index is 0.360. The molecule has 0 saturated carbocycles. The van der Waals surface area contributed by atoms with Gasteiger partial charge in [0.25, 0.3) is 0 Å². The van der Waals surface area contributed by atoms with E-state index in [1.54, 1.807) is 38.4 Å². The number of aliphatic hydroxyl groups excluding tert-OH is 2. The zero-order chi connectivity index (χ0) is 15.2. The van der Waals surface area contributed by atoms with Gasteiger partial charge in [0.05, 0.1) is 6.67 Å². The van der Waals surface area contributed by atoms with Crippen LogP contribution in [-0.4, -0.2) is 36.8 Å². The van der Waals surface area contributed by atoms with E-state index in [2.05, 4.69) is 30.6 Å². The second kappa shape index (κ2) is 6.91. The fraction of sp³-hybridized carbons (Fsp3) is 0.385. The van der Waals surface area contributed by atoms with E-state index in [1.165, 1.54) is 0 Å². The molecule has 0 saturated heterocycles. The van der Waals surface area contributed by atoms with Crippen LogP contribution in [0.15, 0.2) is 24.5 Å². The summed E-state index contributed by atoms with van der Waals surface area (Å²) in [6.07, 6.45) is 1.73. The molecule has 0 aliphatic carbocycles. The van der Waals surface area contributed by atoms with Crippen LogP contribution in [0.1, 0.15) is 37.7 Å². The Labute approximate surface area is 122 Å². The van der Waals surface area contributed by atoms with E-state index in [9.17, 15) is 10.2 Å². The molecule has 2 heterocycles. The fourth-order valence-corrected chi connectivity index (χ4v) is 1.57. The second-order valence-corrected chi connectivity index (χ2v) is 4.48. The summed E-state index contributed by atoms with van der Waals surface area (Å²) < 4.78 is 0. The van der Waals surface area contributed by atoms with Gasteiger partial charge < -0.3 is 20.8 Å². The number of rotatable bonds is 6. The molecule has 0 radical (unpaired) electrons. The van der Waals surface area contributed by atoms with E-state index in [1.807, 2.05) is 0 Å². The predicted molar refractivity (Wildman–Crippen MR) is 77.4 cm³/mol. The molecule has 2 aromatic rings. The maximum absolute atomic E-state index is 9.43. The molecule has 0 spiro atoms. The van der Waals surface area contributed by atoms with Crippen LogP contribution in [0.3, 0.4) is 0 Å². The van der Waals surface area contributed by atoms with Gasteiger partial charge in [-0.3, -0.25) is 0 Å². The molecule has 0 unspecified atom stereocenters. The number of hydrogen-bond acceptors (Lipinski definition) is 8. The minimum atomic E-state index is -0.713. The Morgan fingerprint density at radius 1 is 0.905 bits per heavy atom. The van der Waals surface area contributed by atoms with Crippen LogP contribution in [0.5, 0.6) is 0 Å². The van der Waals surface area contributed by atoms with Crippen molar-refractivity contribution in [1.29, 1.82) is 0 Å². The molecule has 0 aliphatic rings. The number of nitrogens with zero attached hydrogens (tertiary/aromatic N) is 4. The summed E-state index contributed by atoms with van der Waals surface area (Å²) in [5, 5.41) is 24.9. The van der Waals surface area contributed by atoms with Crippen molar-refractivity contribution in [2.75, 3.05) is 17.3 Å². The van der Waals surface area contributed by atoms with Gasteiger partial charge in [0.2, 0.25) is 0 Å². The maximum Gasteiger partial charge on any atom is 0.158 e. The van der Waals surface area contributed by atoms with E-state index in [4.69, 9.17) is 0 Å². The quantitative estimate of drug-likeness (QED) is 0.579. The van der Waals surface area contributed by atoms with Crippen molar-refractivity contribution in [2.45, 2.75) is 26.1 Å². The number of hydrogen-bond donors (Lipinski definition) is 4. The van der Waals surface area contributed by atoms with Crippen molar-refractivity contribution in [1.82, 2.24) is 19.9 Å². The minimum Gasteiger partial charge on any atom is -0.385 e. The van der Waals surface area contributed by atoms with Gasteiger partial charge >= 0.3 is 0 Å². The molecule has 0 aliphatic heterocycles. The van der Waals surface area contributed by atoms with Gasteiger partial charge in [0.15, 0.2) is 11.6 Å². The summed E-state index contributed by atoms with van der Waals surface area (Å²) >= 11 is 0. The smallest absolute Gasteiger partial charge is 0.158 e. The van der Waals surface area contributed by atoms with Crippen molar-refractivity contribution >= 4 is 11.6 Å². The standard InChI is InChI=1S/C13H18N6O2/c1-8(20)12-14-5-3-10(18-12)16-7-17-11-4-6-15-13(19-11)9(2)21/h3-6,8-9,20-21H,7H2,1-2H3,(H,14,16,18)(H,15,17,19)/t8-,9-/m1/s1. The molecule has 2 atom stereocenters. The van der Waals surface area contributed by atoms with Gasteiger partial charge in [0, 0.05) is 12.4 Å². The molecule has 21 heavy (non-hydrogen) atoms. The normalized spacial score (nSPS) is 13.5. The molecule has 0 fully saturated rings. The summed E-state index contributed by atoms with van der Waals surface area (Å²) in [7, 11) is 0. The van der Waals surface area contributed by atoms with E-state index in [-0.39, 0.29) is 0 Å². The van der Waals surface area contributed by atoms with Crippen LogP contribution in [0.4, 0.5) is 11.6 Å². The first-order valence-electron chi connectivity index (χ1n) is 6.56. The Balaban J connectivity index is 1.92. The van der Waals surface area contributed by atoms with Gasteiger partial charge in [-0.2, -0.15) is 0 Å². The lowest BCUT2D eigenvalue weighted by molar-refractivity contribution is 0.188. The Morgan fingerprint density at radius 2 is 1.33 bits per heavy atom. The Kier molecular flexibility index (Phi) is 4.96. The summed E-state index contributed by atoms with van der Waals surface area (Å²) in [4.78, 5) is 16.3. The van der Waals surface area contributed by atoms with Crippen LogP contribution >= 0.6 is 0 Å². The largest absolute Gasteiger partial charge is 0.385 e. The average Bonchev–Trinajstić information content (AvgIpc) is 2.48. The zero-order valence-electron chi connectivity index (χ0n) is 11.9. The monoisotopic (exact) mass is 290 g/mol. The third-order valence-corrected chi connectivity index (χ3v) is 2.63. The SMILES string of the molecule is C[C@@H](O)c1nccc(NCNc2ccnc([C@@H](C)O)n2)n1. The maximum atomic E-state index is 9.43. The second-order valence-electron chi connectivity index (χ2n) is 4.48. The zero-order valence-corrected chi connectivity index (χ0v) is 11.9. The molecule has 2 rings (SSSR count). The molecule has 0 aromatic carbocycles. The van der Waals surface area contributed by atoms with Crippen molar-refractivity contribution in [3.63, 3.8) is 0 Å². The molecule has 0 amide bonds. The van der Waals surface area contributed by atoms with E-state index >= 15 is 0 Å². The molecule has 2 aromatic heterocycles. The molecule has 4 N–H and O–H groups in total. The number of anilines is 2. The number of nitrogens with one attached hydrogen (secondary N) is 2. The average molecular weight is 290 g/mol. The van der Waals surface area contributed by atoms with Gasteiger partial charge in [-0.25, -0.2) is 19.9 Å². The highest BCUT2D eigenvalue weighted by Gasteiger charge is 2.06. The molecular formula is C13H18N6O2. The van der Waals surface area contributed by atoms with Gasteiger partial charge in [-0.05, 0) is 26.0 Å². The van der Waals surface area contributed by atoms with Crippen LogP contribution in [0, 0.1) is 0 Å². The highest BCUT2D eigenvalue weighted by atomic mass is 16.3. The van der Waals surface area contributed by atoms with Crippen LogP contribution < -0.4 is 10.6 Å². The van der Waals surface area contributed by atoms with Crippen molar-refractivity contribution < 1.29 is 10.2 Å². The predicted octanol–water partition coefficient (Wildman–Crippen LogP) is 0.855. The van der Waals surface area contributed by atoms with Crippen LogP contribution in [-0.2, 0) is 0 Å². The van der Waals surface area contributed by atoms with Crippen molar-refractivity contribution in [3.8, 4) is 0 Å². The Bertz CT molecular complexity index is 539. The topological polar surface area (TPSA) is 116 Å². The third-order valence-electron chi connectivity index (χ3n) is 2.63. The molecular weight excluding hydrogens is 272 g/mol. The van der Waals surface area contributed by atoms with Crippen LogP contribution in [0.2, 0.25) is 0 Å². The summed E-state index contributed by atoms with van der Waals surface area (Å²) in [5.74, 6) is 1.91. The first kappa shape index (κ1) is 15.1. The van der Waals surface area contributed by atoms with E-state index in [0.717, 1.165) is 0 Å². The van der Waals surface area contributed by atoms with E-state index < -0.39 is 12.2 Å². The molecule has 8 heteroatoms. The highest BCUT2D eigenvalue weighted by Crippen LogP contribution is 2.10. The number of aliphatic hydroxyl groups is 2. The highest BCUT2D eigenvalue weighted by molar-refractivity contribution is 5.38. The molecule has 8 nitrogen and oxygen atoms in total. The van der Waals surface area contributed by atoms with Gasteiger partial charge in [-0.1, -0.05) is 0 Å². The summed E-state index contributed by atoms with van der Waals surface area (Å²) in [6.45, 7) is 3.60. The molecule has 0 bridgehead atoms. The third kappa shape index (κ3) is 4.33. The van der Waals surface area contributed by atoms with Crippen molar-refractivity contribution in [2.24, 2.45) is 0 Å².